The maximum absolute atomic E-state index is 11.3. The molecule has 0 fully saturated rings. The highest BCUT2D eigenvalue weighted by molar-refractivity contribution is 5.93. The van der Waals surface area contributed by atoms with Crippen LogP contribution in [0.1, 0.15) is 27.0 Å². The summed E-state index contributed by atoms with van der Waals surface area (Å²) in [6, 6.07) is 5.49. The molecular weight excluding hydrogens is 230 g/mol. The van der Waals surface area contributed by atoms with Gasteiger partial charge in [0.2, 0.25) is 0 Å². The van der Waals surface area contributed by atoms with Crippen LogP contribution in [-0.2, 0) is 0 Å². The predicted octanol–water partition coefficient (Wildman–Crippen LogP) is 3.65. The second-order valence-electron chi connectivity index (χ2n) is 4.27. The molecule has 2 N–H and O–H groups in total. The van der Waals surface area contributed by atoms with Gasteiger partial charge >= 0.3 is 5.97 Å². The third-order valence-electron chi connectivity index (χ3n) is 3.10. The molecule has 94 valence electrons. The summed E-state index contributed by atoms with van der Waals surface area (Å²) in [5.74, 6) is -0.311. The van der Waals surface area contributed by atoms with Crippen LogP contribution in [0.4, 0.5) is 11.6 Å². The molecule has 2 rings (SSSR count). The number of hydrogen-bond acceptors (Lipinski definition) is 3. The number of rotatable bonds is 3. The van der Waals surface area contributed by atoms with Gasteiger partial charge < -0.3 is 14.8 Å². The Labute approximate surface area is 105 Å². The average molecular weight is 245 g/mol. The van der Waals surface area contributed by atoms with Crippen LogP contribution in [0.25, 0.3) is 0 Å². The van der Waals surface area contributed by atoms with Crippen molar-refractivity contribution >= 4 is 17.5 Å². The van der Waals surface area contributed by atoms with E-state index in [0.717, 1.165) is 16.8 Å². The third kappa shape index (κ3) is 2.09. The summed E-state index contributed by atoms with van der Waals surface area (Å²) in [6.45, 7) is 5.51. The summed E-state index contributed by atoms with van der Waals surface area (Å²) >= 11 is 0. The number of aromatic carboxylic acids is 1. The topological polar surface area (TPSA) is 62.5 Å². The van der Waals surface area contributed by atoms with Gasteiger partial charge in [-0.25, -0.2) is 4.79 Å². The van der Waals surface area contributed by atoms with E-state index in [-0.39, 0.29) is 0 Å². The van der Waals surface area contributed by atoms with E-state index >= 15 is 0 Å². The first-order chi connectivity index (χ1) is 8.50. The molecule has 0 amide bonds. The molecule has 0 saturated carbocycles. The number of aryl methyl sites for hydroxylation is 1. The second kappa shape index (κ2) is 4.56. The summed E-state index contributed by atoms with van der Waals surface area (Å²) in [7, 11) is 0. The van der Waals surface area contributed by atoms with Gasteiger partial charge in [0.05, 0.1) is 11.8 Å². The molecule has 0 radical (unpaired) electrons. The number of anilines is 2. The van der Waals surface area contributed by atoms with Crippen molar-refractivity contribution in [2.45, 2.75) is 20.8 Å². The maximum Gasteiger partial charge on any atom is 0.336 e. The lowest BCUT2D eigenvalue weighted by Crippen LogP contribution is -2.07. The van der Waals surface area contributed by atoms with Crippen molar-refractivity contribution in [3.05, 3.63) is 46.7 Å². The fraction of sp³-hybridized carbons (Fsp3) is 0.214. The minimum Gasteiger partial charge on any atom is -0.478 e. The first-order valence-corrected chi connectivity index (χ1v) is 5.65. The van der Waals surface area contributed by atoms with Crippen LogP contribution in [0, 0.1) is 20.8 Å². The predicted molar refractivity (Wildman–Crippen MR) is 69.6 cm³/mol. The quantitative estimate of drug-likeness (QED) is 0.866. The van der Waals surface area contributed by atoms with Gasteiger partial charge in [0.15, 0.2) is 5.88 Å². The minimum absolute atomic E-state index is 0.351. The molecule has 4 nitrogen and oxygen atoms in total. The van der Waals surface area contributed by atoms with Gasteiger partial charge in [-0.3, -0.25) is 0 Å². The van der Waals surface area contributed by atoms with Crippen LogP contribution in [-0.4, -0.2) is 11.1 Å². The van der Waals surface area contributed by atoms with Gasteiger partial charge in [0, 0.05) is 11.8 Å². The van der Waals surface area contributed by atoms with Crippen molar-refractivity contribution in [1.29, 1.82) is 0 Å². The zero-order valence-electron chi connectivity index (χ0n) is 10.6. The number of carboxylic acids is 1. The van der Waals surface area contributed by atoms with Gasteiger partial charge in [-0.1, -0.05) is 0 Å². The summed E-state index contributed by atoms with van der Waals surface area (Å²) in [5, 5.41) is 12.4. The van der Waals surface area contributed by atoms with E-state index in [2.05, 4.69) is 5.32 Å². The molecule has 1 aromatic carbocycles. The van der Waals surface area contributed by atoms with Crippen LogP contribution in [0.5, 0.6) is 0 Å². The van der Waals surface area contributed by atoms with Crippen LogP contribution < -0.4 is 5.32 Å². The van der Waals surface area contributed by atoms with Gasteiger partial charge in [0.25, 0.3) is 0 Å². The molecule has 1 aromatic heterocycles. The number of benzene rings is 1. The highest BCUT2D eigenvalue weighted by Crippen LogP contribution is 2.28. The van der Waals surface area contributed by atoms with E-state index in [1.165, 1.54) is 0 Å². The molecule has 0 spiro atoms. The van der Waals surface area contributed by atoms with Gasteiger partial charge in [-0.2, -0.15) is 0 Å². The minimum atomic E-state index is -0.906. The smallest absolute Gasteiger partial charge is 0.336 e. The Hall–Kier alpha value is -2.23. The largest absolute Gasteiger partial charge is 0.478 e. The summed E-state index contributed by atoms with van der Waals surface area (Å²) in [6.07, 6.45) is 1.57. The number of hydrogen-bond donors (Lipinski definition) is 2. The molecule has 0 aliphatic heterocycles. The standard InChI is InChI=1S/C14H15NO3/c1-8-7-11(15-12-5-4-6-18-12)10(3)13(9(8)2)14(16)17/h4-7,15H,1-3H3,(H,16,17). The van der Waals surface area contributed by atoms with E-state index in [9.17, 15) is 9.90 Å². The zero-order valence-corrected chi connectivity index (χ0v) is 10.6. The molecule has 0 bridgehead atoms. The fourth-order valence-electron chi connectivity index (χ4n) is 1.98. The van der Waals surface area contributed by atoms with E-state index in [4.69, 9.17) is 4.42 Å². The van der Waals surface area contributed by atoms with Crippen LogP contribution >= 0.6 is 0 Å². The number of nitrogens with one attached hydrogen (secondary N) is 1. The van der Waals surface area contributed by atoms with E-state index in [1.54, 1.807) is 25.3 Å². The molecule has 0 aliphatic rings. The molecular formula is C14H15NO3. The highest BCUT2D eigenvalue weighted by Gasteiger charge is 2.16. The molecule has 0 aliphatic carbocycles. The Morgan fingerprint density at radius 2 is 2.00 bits per heavy atom. The van der Waals surface area contributed by atoms with Crippen molar-refractivity contribution < 1.29 is 14.3 Å². The molecule has 4 heteroatoms. The van der Waals surface area contributed by atoms with Crippen LogP contribution in [0.2, 0.25) is 0 Å². The SMILES string of the molecule is Cc1cc(Nc2ccco2)c(C)c(C(=O)O)c1C. The van der Waals surface area contributed by atoms with Gasteiger partial charge in [-0.05, 0) is 49.6 Å². The fourth-order valence-corrected chi connectivity index (χ4v) is 1.98. The summed E-state index contributed by atoms with van der Waals surface area (Å²) < 4.78 is 5.20. The normalized spacial score (nSPS) is 10.4. The van der Waals surface area contributed by atoms with Crippen molar-refractivity contribution in [3.8, 4) is 0 Å². The highest BCUT2D eigenvalue weighted by atomic mass is 16.4. The maximum atomic E-state index is 11.3. The second-order valence-corrected chi connectivity index (χ2v) is 4.27. The number of furan rings is 1. The van der Waals surface area contributed by atoms with E-state index in [1.807, 2.05) is 19.9 Å². The third-order valence-corrected chi connectivity index (χ3v) is 3.10. The Balaban J connectivity index is 2.52. The Bertz CT molecular complexity index is 586. The van der Waals surface area contributed by atoms with Crippen LogP contribution in [0.15, 0.2) is 28.9 Å². The van der Waals surface area contributed by atoms with Crippen molar-refractivity contribution in [3.63, 3.8) is 0 Å². The molecule has 0 atom stereocenters. The summed E-state index contributed by atoms with van der Waals surface area (Å²) in [5.41, 5.74) is 3.55. The molecule has 2 aromatic rings. The zero-order chi connectivity index (χ0) is 13.3. The van der Waals surface area contributed by atoms with Crippen LogP contribution in [0.3, 0.4) is 0 Å². The van der Waals surface area contributed by atoms with Gasteiger partial charge in [0.1, 0.15) is 0 Å². The lowest BCUT2D eigenvalue weighted by Gasteiger charge is -2.14. The van der Waals surface area contributed by atoms with Crippen molar-refractivity contribution in [2.75, 3.05) is 5.32 Å². The Kier molecular flexibility index (Phi) is 3.10. The molecule has 1 heterocycles. The lowest BCUT2D eigenvalue weighted by atomic mass is 9.96. The van der Waals surface area contributed by atoms with E-state index < -0.39 is 5.97 Å². The van der Waals surface area contributed by atoms with Gasteiger partial charge in [-0.15, -0.1) is 0 Å². The first kappa shape index (κ1) is 12.2. The first-order valence-electron chi connectivity index (χ1n) is 5.65. The van der Waals surface area contributed by atoms with E-state index in [0.29, 0.717) is 17.0 Å². The Morgan fingerprint density at radius 3 is 2.56 bits per heavy atom. The number of carboxylic acid groups (broad SMARTS) is 1. The molecule has 0 unspecified atom stereocenters. The number of carbonyl (C=O) groups is 1. The monoisotopic (exact) mass is 245 g/mol. The average Bonchev–Trinajstić information content (AvgIpc) is 2.78. The molecule has 18 heavy (non-hydrogen) atoms. The Morgan fingerprint density at radius 1 is 1.28 bits per heavy atom. The molecule has 0 saturated heterocycles. The van der Waals surface area contributed by atoms with Crippen molar-refractivity contribution in [2.24, 2.45) is 0 Å². The summed E-state index contributed by atoms with van der Waals surface area (Å²) in [4.78, 5) is 11.3. The van der Waals surface area contributed by atoms with Crippen molar-refractivity contribution in [1.82, 2.24) is 0 Å². The lowest BCUT2D eigenvalue weighted by molar-refractivity contribution is 0.0695.